The van der Waals surface area contributed by atoms with Crippen LogP contribution in [0.15, 0.2) is 0 Å². The van der Waals surface area contributed by atoms with Gasteiger partial charge in [0.25, 0.3) is 0 Å². The van der Waals surface area contributed by atoms with Gasteiger partial charge in [-0.25, -0.2) is 0 Å². The van der Waals surface area contributed by atoms with Gasteiger partial charge in [-0.1, -0.05) is 0 Å². The number of carbonyl (C=O) groups excluding carboxylic acids is 5. The summed E-state index contributed by atoms with van der Waals surface area (Å²) < 4.78 is 0. The Morgan fingerprint density at radius 1 is 0.750 bits per heavy atom. The highest BCUT2D eigenvalue weighted by molar-refractivity contribution is 5.94. The zero-order chi connectivity index (χ0) is 24.7. The van der Waals surface area contributed by atoms with E-state index in [0.29, 0.717) is 19.4 Å². The lowest BCUT2D eigenvalue weighted by atomic mass is 10.0. The quantitative estimate of drug-likeness (QED) is 0.0987. The van der Waals surface area contributed by atoms with Crippen LogP contribution >= 0.6 is 0 Å². The molecular formula is C18H33N7O7. The fourth-order valence-electron chi connectivity index (χ4n) is 2.58. The first-order valence-corrected chi connectivity index (χ1v) is 10.1. The zero-order valence-corrected chi connectivity index (χ0v) is 17.8. The second kappa shape index (κ2) is 15.5. The number of nitrogens with one attached hydrogen (secondary N) is 3. The summed E-state index contributed by atoms with van der Waals surface area (Å²) in [6.45, 7) is -0.327. The molecule has 0 saturated carbocycles. The highest BCUT2D eigenvalue weighted by Crippen LogP contribution is 2.05. The molecule has 182 valence electrons. The summed E-state index contributed by atoms with van der Waals surface area (Å²) in [6, 6.07) is -3.43. The molecule has 0 rings (SSSR count). The van der Waals surface area contributed by atoms with Crippen LogP contribution in [0, 0.1) is 0 Å². The van der Waals surface area contributed by atoms with Crippen molar-refractivity contribution in [3.63, 3.8) is 0 Å². The van der Waals surface area contributed by atoms with Crippen LogP contribution in [0.5, 0.6) is 0 Å². The maximum atomic E-state index is 12.8. The van der Waals surface area contributed by atoms with E-state index in [0.717, 1.165) is 0 Å². The lowest BCUT2D eigenvalue weighted by Crippen LogP contribution is -2.56. The van der Waals surface area contributed by atoms with E-state index in [-0.39, 0.29) is 32.1 Å². The summed E-state index contributed by atoms with van der Waals surface area (Å²) in [6.07, 6.45) is 0.674. The van der Waals surface area contributed by atoms with Crippen LogP contribution in [0.25, 0.3) is 0 Å². The first-order chi connectivity index (χ1) is 15.0. The van der Waals surface area contributed by atoms with Crippen LogP contribution in [-0.2, 0) is 28.8 Å². The number of carbonyl (C=O) groups is 6. The fraction of sp³-hybridized carbons (Fsp3) is 0.667. The Balaban J connectivity index is 5.28. The Morgan fingerprint density at radius 2 is 1.28 bits per heavy atom. The van der Waals surface area contributed by atoms with Gasteiger partial charge in [-0.15, -0.1) is 0 Å². The van der Waals surface area contributed by atoms with Crippen LogP contribution in [0.4, 0.5) is 0 Å². The van der Waals surface area contributed by atoms with E-state index in [4.69, 9.17) is 28.0 Å². The van der Waals surface area contributed by atoms with Crippen LogP contribution in [0.1, 0.15) is 44.9 Å². The number of hydrogen-bond acceptors (Lipinski definition) is 8. The molecule has 14 heteroatoms. The van der Waals surface area contributed by atoms with Crippen molar-refractivity contribution in [2.45, 2.75) is 63.1 Å². The predicted octanol–water partition coefficient (Wildman–Crippen LogP) is -3.86. The van der Waals surface area contributed by atoms with Crippen LogP contribution in [0.2, 0.25) is 0 Å². The van der Waals surface area contributed by atoms with Gasteiger partial charge in [0.1, 0.15) is 18.6 Å². The molecule has 0 fully saturated rings. The Hall–Kier alpha value is -3.26. The predicted molar refractivity (Wildman–Crippen MR) is 112 cm³/mol. The average Bonchev–Trinajstić information content (AvgIpc) is 2.71. The van der Waals surface area contributed by atoms with E-state index < -0.39 is 60.2 Å². The molecule has 32 heavy (non-hydrogen) atoms. The Kier molecular flexibility index (Phi) is 13.9. The van der Waals surface area contributed by atoms with E-state index >= 15 is 0 Å². The number of amides is 5. The number of hydrogen-bond donors (Lipinski definition) is 8. The first kappa shape index (κ1) is 28.7. The normalized spacial score (nSPS) is 13.3. The van der Waals surface area contributed by atoms with Gasteiger partial charge in [0.05, 0.1) is 6.04 Å². The summed E-state index contributed by atoms with van der Waals surface area (Å²) in [7, 11) is 0. The number of nitrogens with two attached hydrogens (primary N) is 4. The number of carboxylic acids is 1. The third-order valence-corrected chi connectivity index (χ3v) is 4.34. The second-order valence-electron chi connectivity index (χ2n) is 7.13. The molecule has 0 aromatic rings. The minimum atomic E-state index is -1.30. The van der Waals surface area contributed by atoms with Crippen molar-refractivity contribution in [2.75, 3.05) is 13.1 Å². The van der Waals surface area contributed by atoms with Crippen molar-refractivity contribution >= 4 is 35.5 Å². The summed E-state index contributed by atoms with van der Waals surface area (Å²) >= 11 is 0. The molecule has 12 N–H and O–H groups in total. The number of aliphatic carboxylic acids is 1. The highest BCUT2D eigenvalue weighted by Gasteiger charge is 2.28. The summed E-state index contributed by atoms with van der Waals surface area (Å²) in [5.74, 6) is -4.90. The molecule has 0 saturated heterocycles. The highest BCUT2D eigenvalue weighted by atomic mass is 16.4. The van der Waals surface area contributed by atoms with Crippen LogP contribution in [0.3, 0.4) is 0 Å². The van der Waals surface area contributed by atoms with Crippen LogP contribution < -0.4 is 38.9 Å². The Morgan fingerprint density at radius 3 is 1.81 bits per heavy atom. The molecule has 3 atom stereocenters. The minimum absolute atomic E-state index is 0.0167. The number of primary amides is 2. The smallest absolute Gasteiger partial charge is 0.322 e. The molecule has 0 bridgehead atoms. The van der Waals surface area contributed by atoms with E-state index in [1.54, 1.807) is 0 Å². The lowest BCUT2D eigenvalue weighted by Gasteiger charge is -2.24. The van der Waals surface area contributed by atoms with Gasteiger partial charge in [-0.05, 0) is 38.6 Å². The molecule has 0 radical (unpaired) electrons. The average molecular weight is 460 g/mol. The largest absolute Gasteiger partial charge is 0.480 e. The second-order valence-corrected chi connectivity index (χ2v) is 7.13. The van der Waals surface area contributed by atoms with Gasteiger partial charge in [0, 0.05) is 12.8 Å². The first-order valence-electron chi connectivity index (χ1n) is 10.1. The van der Waals surface area contributed by atoms with Gasteiger partial charge in [0.2, 0.25) is 29.5 Å². The molecule has 0 aliphatic rings. The molecule has 0 aliphatic heterocycles. The van der Waals surface area contributed by atoms with Crippen molar-refractivity contribution in [3.8, 4) is 0 Å². The van der Waals surface area contributed by atoms with E-state index in [1.165, 1.54) is 0 Å². The Bertz CT molecular complexity index is 687. The standard InChI is InChI=1S/C18H33N7O7/c19-8-2-1-3-11(24-16(30)10(20)4-6-13(21)26)18(32)25-12(5-7-14(22)27)17(31)23-9-15(28)29/h10-12H,1-9,19-20H2,(H2,21,26)(H2,22,27)(H,23,31)(H,24,30)(H,25,32)(H,28,29). The van der Waals surface area contributed by atoms with E-state index in [2.05, 4.69) is 16.0 Å². The monoisotopic (exact) mass is 459 g/mol. The van der Waals surface area contributed by atoms with Crippen molar-refractivity contribution in [1.29, 1.82) is 0 Å². The molecule has 0 aromatic heterocycles. The molecular weight excluding hydrogens is 426 g/mol. The lowest BCUT2D eigenvalue weighted by molar-refractivity contribution is -0.138. The fourth-order valence-corrected chi connectivity index (χ4v) is 2.58. The summed E-state index contributed by atoms with van der Waals surface area (Å²) in [4.78, 5) is 70.0. The van der Waals surface area contributed by atoms with Gasteiger partial charge in [0.15, 0.2) is 0 Å². The molecule has 0 spiro atoms. The minimum Gasteiger partial charge on any atom is -0.480 e. The number of carboxylic acid groups (broad SMARTS) is 1. The summed E-state index contributed by atoms with van der Waals surface area (Å²) in [5.41, 5.74) is 21.3. The van der Waals surface area contributed by atoms with E-state index in [9.17, 15) is 28.8 Å². The van der Waals surface area contributed by atoms with Crippen molar-refractivity contribution in [3.05, 3.63) is 0 Å². The Labute approximate surface area is 185 Å². The third kappa shape index (κ3) is 13.1. The van der Waals surface area contributed by atoms with Crippen molar-refractivity contribution in [2.24, 2.45) is 22.9 Å². The molecule has 0 aliphatic carbocycles. The number of rotatable bonds is 17. The maximum absolute atomic E-state index is 12.8. The van der Waals surface area contributed by atoms with Gasteiger partial charge >= 0.3 is 5.97 Å². The molecule has 14 nitrogen and oxygen atoms in total. The molecule has 5 amide bonds. The third-order valence-electron chi connectivity index (χ3n) is 4.34. The summed E-state index contributed by atoms with van der Waals surface area (Å²) in [5, 5.41) is 15.7. The SMILES string of the molecule is NCCCCC(NC(=O)C(N)CCC(N)=O)C(=O)NC(CCC(N)=O)C(=O)NCC(=O)O. The van der Waals surface area contributed by atoms with Crippen molar-refractivity contribution in [1.82, 2.24) is 16.0 Å². The van der Waals surface area contributed by atoms with Gasteiger partial charge < -0.3 is 44.0 Å². The molecule has 0 heterocycles. The van der Waals surface area contributed by atoms with Gasteiger partial charge in [-0.2, -0.15) is 0 Å². The molecule has 3 unspecified atom stereocenters. The maximum Gasteiger partial charge on any atom is 0.322 e. The van der Waals surface area contributed by atoms with Crippen molar-refractivity contribution < 1.29 is 33.9 Å². The molecule has 0 aromatic carbocycles. The topological polar surface area (TPSA) is 263 Å². The van der Waals surface area contributed by atoms with Gasteiger partial charge in [-0.3, -0.25) is 28.8 Å². The number of unbranched alkanes of at least 4 members (excludes halogenated alkanes) is 1. The van der Waals surface area contributed by atoms with Crippen LogP contribution in [-0.4, -0.2) is 71.8 Å². The van der Waals surface area contributed by atoms with E-state index in [1.807, 2.05) is 0 Å². The zero-order valence-electron chi connectivity index (χ0n) is 17.8.